The zero-order valence-electron chi connectivity index (χ0n) is 22.9. The van der Waals surface area contributed by atoms with E-state index in [0.29, 0.717) is 44.8 Å². The predicted octanol–water partition coefficient (Wildman–Crippen LogP) is 1.66. The zero-order chi connectivity index (χ0) is 27.2. The molecule has 37 heavy (non-hydrogen) atoms. The Hall–Kier alpha value is -1.95. The Morgan fingerprint density at radius 1 is 1.16 bits per heavy atom. The highest BCUT2D eigenvalue weighted by molar-refractivity contribution is 5.81. The molecule has 2 heterocycles. The van der Waals surface area contributed by atoms with Gasteiger partial charge in [-0.25, -0.2) is 9.59 Å². The molecule has 11 heteroatoms. The van der Waals surface area contributed by atoms with Crippen molar-refractivity contribution in [3.8, 4) is 0 Å². The van der Waals surface area contributed by atoms with Gasteiger partial charge in [0.1, 0.15) is 29.5 Å². The number of carbonyl (C=O) groups excluding carboxylic acids is 3. The third-order valence-electron chi connectivity index (χ3n) is 7.97. The lowest BCUT2D eigenvalue weighted by atomic mass is 9.68. The molecule has 1 aliphatic carbocycles. The van der Waals surface area contributed by atoms with Crippen molar-refractivity contribution in [3.05, 3.63) is 0 Å². The van der Waals surface area contributed by atoms with Crippen molar-refractivity contribution in [3.63, 3.8) is 0 Å². The van der Waals surface area contributed by atoms with Crippen LogP contribution in [0.1, 0.15) is 65.7 Å². The molecule has 0 radical (unpaired) electrons. The van der Waals surface area contributed by atoms with Gasteiger partial charge >= 0.3 is 12.1 Å². The maximum absolute atomic E-state index is 12.9. The Morgan fingerprint density at radius 2 is 1.89 bits per heavy atom. The first-order valence-corrected chi connectivity index (χ1v) is 13.5. The molecule has 2 amide bonds. The van der Waals surface area contributed by atoms with Gasteiger partial charge in [-0.15, -0.1) is 0 Å². The van der Waals surface area contributed by atoms with Crippen LogP contribution in [0.3, 0.4) is 0 Å². The van der Waals surface area contributed by atoms with Gasteiger partial charge in [0.25, 0.3) is 0 Å². The van der Waals surface area contributed by atoms with Crippen LogP contribution < -0.4 is 16.4 Å². The summed E-state index contributed by atoms with van der Waals surface area (Å²) in [6.45, 7) is 7.54. The summed E-state index contributed by atoms with van der Waals surface area (Å²) in [7, 11) is 2.90. The number of methoxy groups -OCH3 is 2. The molecule has 2 aliphatic heterocycles. The van der Waals surface area contributed by atoms with Crippen LogP contribution in [-0.4, -0.2) is 87.4 Å². The van der Waals surface area contributed by atoms with Crippen molar-refractivity contribution >= 4 is 18.0 Å². The van der Waals surface area contributed by atoms with Gasteiger partial charge in [-0.3, -0.25) is 4.79 Å². The molecule has 1 spiro atoms. The number of nitrogens with two attached hydrogens (primary N) is 1. The summed E-state index contributed by atoms with van der Waals surface area (Å²) in [6.07, 6.45) is 3.51. The lowest BCUT2D eigenvalue weighted by molar-refractivity contribution is -0.143. The van der Waals surface area contributed by atoms with Gasteiger partial charge in [-0.05, 0) is 57.8 Å². The molecule has 3 aliphatic rings. The summed E-state index contributed by atoms with van der Waals surface area (Å²) >= 11 is 0. The Labute approximate surface area is 219 Å². The molecule has 0 aromatic carbocycles. The summed E-state index contributed by atoms with van der Waals surface area (Å²) in [5, 5.41) is 5.33. The van der Waals surface area contributed by atoms with Crippen LogP contribution in [0.25, 0.3) is 0 Å². The second kappa shape index (κ2) is 12.7. The molecular formula is C26H45N3O8. The standard InChI is InChI=1S/C26H45N3O8/c1-16(2)9-10-19-25(3,37-19)22-21(33-4)18(11-12-26(22)15-35-26)36-24(32)29-17(23(31)34-5)8-6-7-13-28-20(30)14-27/h16-19,21-22H,6-15,27H2,1-5H3,(H,28,30)(H,29,32)/t17?,18?,19-,21?,22?,25?,26+/m1/s1. The molecule has 2 saturated heterocycles. The fourth-order valence-corrected chi connectivity index (χ4v) is 5.75. The predicted molar refractivity (Wildman–Crippen MR) is 135 cm³/mol. The molecule has 3 rings (SSSR count). The maximum atomic E-state index is 12.9. The van der Waals surface area contributed by atoms with Crippen LogP contribution in [0, 0.1) is 11.8 Å². The molecule has 0 bridgehead atoms. The number of alkyl carbamates (subject to hydrolysis) is 1. The number of unbranched alkanes of at least 4 members (excludes halogenated alkanes) is 1. The van der Waals surface area contributed by atoms with Crippen molar-refractivity contribution in [1.29, 1.82) is 0 Å². The van der Waals surface area contributed by atoms with E-state index in [1.54, 1.807) is 7.11 Å². The minimum Gasteiger partial charge on any atom is -0.467 e. The van der Waals surface area contributed by atoms with Gasteiger partial charge in [0.2, 0.25) is 5.91 Å². The monoisotopic (exact) mass is 527 g/mol. The number of hydrogen-bond acceptors (Lipinski definition) is 9. The lowest BCUT2D eigenvalue weighted by Crippen LogP contribution is -2.56. The number of carbonyl (C=O) groups is 3. The van der Waals surface area contributed by atoms with Gasteiger partial charge in [0, 0.05) is 13.7 Å². The smallest absolute Gasteiger partial charge is 0.408 e. The molecule has 1 saturated carbocycles. The third kappa shape index (κ3) is 7.34. The topological polar surface area (TPSA) is 154 Å². The van der Waals surface area contributed by atoms with Crippen molar-refractivity contribution in [2.45, 2.75) is 101 Å². The SMILES string of the molecule is COC(=O)C(CCCCNC(=O)CN)NC(=O)OC1CC[C@]2(CO2)C(C2(C)O[C@@H]2CCC(C)C)C1OC. The number of nitrogens with one attached hydrogen (secondary N) is 2. The van der Waals surface area contributed by atoms with Gasteiger partial charge < -0.3 is 40.1 Å². The maximum Gasteiger partial charge on any atom is 0.408 e. The van der Waals surface area contributed by atoms with Gasteiger partial charge in [-0.2, -0.15) is 0 Å². The van der Waals surface area contributed by atoms with E-state index in [0.717, 1.165) is 19.3 Å². The first-order valence-electron chi connectivity index (χ1n) is 13.5. The zero-order valence-corrected chi connectivity index (χ0v) is 22.9. The van der Waals surface area contributed by atoms with Crippen LogP contribution in [0.5, 0.6) is 0 Å². The van der Waals surface area contributed by atoms with Crippen molar-refractivity contribution < 1.29 is 38.1 Å². The number of rotatable bonds is 14. The van der Waals surface area contributed by atoms with E-state index in [1.165, 1.54) is 7.11 Å². The van der Waals surface area contributed by atoms with Crippen molar-refractivity contribution in [1.82, 2.24) is 10.6 Å². The summed E-state index contributed by atoms with van der Waals surface area (Å²) in [5.74, 6) is -0.255. The van der Waals surface area contributed by atoms with E-state index in [-0.39, 0.29) is 30.1 Å². The number of esters is 1. The molecule has 0 aromatic rings. The highest BCUT2D eigenvalue weighted by Crippen LogP contribution is 2.59. The van der Waals surface area contributed by atoms with Crippen LogP contribution in [-0.2, 0) is 33.3 Å². The highest BCUT2D eigenvalue weighted by Gasteiger charge is 2.72. The van der Waals surface area contributed by atoms with Crippen molar-refractivity contribution in [2.24, 2.45) is 17.6 Å². The quantitative estimate of drug-likeness (QED) is 0.174. The number of amides is 2. The van der Waals surface area contributed by atoms with E-state index < -0.39 is 35.9 Å². The molecule has 0 aromatic heterocycles. The highest BCUT2D eigenvalue weighted by atomic mass is 16.6. The summed E-state index contributed by atoms with van der Waals surface area (Å²) in [5.41, 5.74) is 4.58. The summed E-state index contributed by atoms with van der Waals surface area (Å²) in [4.78, 5) is 36.4. The van der Waals surface area contributed by atoms with Gasteiger partial charge in [0.15, 0.2) is 0 Å². The van der Waals surface area contributed by atoms with Gasteiger partial charge in [-0.1, -0.05) is 13.8 Å². The second-order valence-corrected chi connectivity index (χ2v) is 11.0. The molecular weight excluding hydrogens is 482 g/mol. The average Bonchev–Trinajstić information content (AvgIpc) is 3.78. The Morgan fingerprint density at radius 3 is 2.49 bits per heavy atom. The van der Waals surface area contributed by atoms with E-state index in [1.807, 2.05) is 0 Å². The molecule has 7 atom stereocenters. The molecule has 3 fully saturated rings. The minimum absolute atomic E-state index is 0.0613. The number of epoxide rings is 2. The Balaban J connectivity index is 1.57. The lowest BCUT2D eigenvalue weighted by Gasteiger charge is -2.42. The molecule has 212 valence electrons. The van der Waals surface area contributed by atoms with Crippen LogP contribution in [0.15, 0.2) is 0 Å². The fourth-order valence-electron chi connectivity index (χ4n) is 5.75. The normalized spacial score (nSPS) is 33.1. The first kappa shape index (κ1) is 29.6. The minimum atomic E-state index is -0.856. The molecule has 5 unspecified atom stereocenters. The van der Waals surface area contributed by atoms with Crippen LogP contribution in [0.4, 0.5) is 4.79 Å². The molecule has 4 N–H and O–H groups in total. The third-order valence-corrected chi connectivity index (χ3v) is 7.97. The van der Waals surface area contributed by atoms with E-state index in [2.05, 4.69) is 31.4 Å². The summed E-state index contributed by atoms with van der Waals surface area (Å²) in [6, 6.07) is -0.856. The number of hydrogen-bond donors (Lipinski definition) is 3. The van der Waals surface area contributed by atoms with E-state index >= 15 is 0 Å². The van der Waals surface area contributed by atoms with E-state index in [4.69, 9.17) is 29.4 Å². The molecule has 11 nitrogen and oxygen atoms in total. The summed E-state index contributed by atoms with van der Waals surface area (Å²) < 4.78 is 28.8. The first-order chi connectivity index (χ1) is 17.6. The van der Waals surface area contributed by atoms with Crippen LogP contribution in [0.2, 0.25) is 0 Å². The largest absolute Gasteiger partial charge is 0.467 e. The van der Waals surface area contributed by atoms with Crippen molar-refractivity contribution in [2.75, 3.05) is 33.9 Å². The Kier molecular flexibility index (Phi) is 10.2. The second-order valence-electron chi connectivity index (χ2n) is 11.0. The van der Waals surface area contributed by atoms with Crippen LogP contribution >= 0.6 is 0 Å². The van der Waals surface area contributed by atoms with Gasteiger partial charge in [0.05, 0.1) is 32.3 Å². The average molecular weight is 528 g/mol. The number of ether oxygens (including phenoxy) is 5. The Bertz CT molecular complexity index is 805. The van der Waals surface area contributed by atoms with E-state index in [9.17, 15) is 14.4 Å². The fraction of sp³-hybridized carbons (Fsp3) is 0.885.